The normalized spacial score (nSPS) is 11.7. The summed E-state index contributed by atoms with van der Waals surface area (Å²) in [6.45, 7) is 0. The third kappa shape index (κ3) is 4.25. The van der Waals surface area contributed by atoms with Crippen LogP contribution in [-0.4, -0.2) is 11.1 Å². The fourth-order valence-electron chi connectivity index (χ4n) is 1.85. The monoisotopic (exact) mass is 264 g/mol. The van der Waals surface area contributed by atoms with Crippen molar-refractivity contribution in [3.05, 3.63) is 89.5 Å². The summed E-state index contributed by atoms with van der Waals surface area (Å²) in [7, 11) is 0. The Morgan fingerprint density at radius 1 is 0.950 bits per heavy atom. The number of carboxylic acids is 1. The third-order valence-electron chi connectivity index (χ3n) is 2.86. The van der Waals surface area contributed by atoms with E-state index >= 15 is 0 Å². The SMILES string of the molecule is O=C(O)C(/C=C/Cc1ccccc1)=C/c1ccccc1. The molecule has 0 atom stereocenters. The highest BCUT2D eigenvalue weighted by Crippen LogP contribution is 2.09. The largest absolute Gasteiger partial charge is 0.478 e. The van der Waals surface area contributed by atoms with Gasteiger partial charge in [-0.05, 0) is 23.6 Å². The molecule has 100 valence electrons. The Hall–Kier alpha value is -2.61. The molecule has 0 aliphatic carbocycles. The molecule has 0 unspecified atom stereocenters. The molecule has 0 heterocycles. The van der Waals surface area contributed by atoms with Gasteiger partial charge in [0.15, 0.2) is 0 Å². The Bertz CT molecular complexity index is 610. The smallest absolute Gasteiger partial charge is 0.335 e. The van der Waals surface area contributed by atoms with Crippen molar-refractivity contribution in [2.45, 2.75) is 6.42 Å². The highest BCUT2D eigenvalue weighted by molar-refractivity contribution is 5.95. The van der Waals surface area contributed by atoms with Crippen LogP contribution in [0.3, 0.4) is 0 Å². The van der Waals surface area contributed by atoms with Crippen LogP contribution >= 0.6 is 0 Å². The molecular weight excluding hydrogens is 248 g/mol. The molecule has 2 rings (SSSR count). The van der Waals surface area contributed by atoms with E-state index in [0.717, 1.165) is 17.5 Å². The van der Waals surface area contributed by atoms with E-state index in [1.54, 1.807) is 12.2 Å². The molecule has 2 aromatic rings. The number of rotatable bonds is 5. The molecule has 0 saturated carbocycles. The zero-order valence-electron chi connectivity index (χ0n) is 11.1. The van der Waals surface area contributed by atoms with Crippen molar-refractivity contribution < 1.29 is 9.90 Å². The zero-order valence-corrected chi connectivity index (χ0v) is 11.1. The lowest BCUT2D eigenvalue weighted by Crippen LogP contribution is -1.97. The summed E-state index contributed by atoms with van der Waals surface area (Å²) < 4.78 is 0. The lowest BCUT2D eigenvalue weighted by molar-refractivity contribution is -0.132. The van der Waals surface area contributed by atoms with Gasteiger partial charge in [0.25, 0.3) is 0 Å². The molecule has 1 N–H and O–H groups in total. The van der Waals surface area contributed by atoms with Crippen LogP contribution in [0.4, 0.5) is 0 Å². The molecule has 0 radical (unpaired) electrons. The van der Waals surface area contributed by atoms with Crippen molar-refractivity contribution in [1.82, 2.24) is 0 Å². The molecule has 2 aromatic carbocycles. The highest BCUT2D eigenvalue weighted by atomic mass is 16.4. The maximum absolute atomic E-state index is 11.2. The molecule has 0 bridgehead atoms. The van der Waals surface area contributed by atoms with Gasteiger partial charge >= 0.3 is 5.97 Å². The third-order valence-corrected chi connectivity index (χ3v) is 2.86. The summed E-state index contributed by atoms with van der Waals surface area (Å²) in [6, 6.07) is 19.4. The van der Waals surface area contributed by atoms with Gasteiger partial charge in [-0.25, -0.2) is 4.79 Å². The standard InChI is InChI=1S/C18H16O2/c19-18(20)17(14-16-10-5-2-6-11-16)13-7-12-15-8-3-1-4-9-15/h1-11,13-14H,12H2,(H,19,20)/b13-7+,17-14+. The Morgan fingerprint density at radius 2 is 1.55 bits per heavy atom. The van der Waals surface area contributed by atoms with E-state index in [0.29, 0.717) is 0 Å². The van der Waals surface area contributed by atoms with Crippen LogP contribution in [-0.2, 0) is 11.2 Å². The second-order valence-electron chi connectivity index (χ2n) is 4.41. The number of carboxylic acid groups (broad SMARTS) is 1. The molecule has 0 fully saturated rings. The van der Waals surface area contributed by atoms with Gasteiger partial charge in [-0.2, -0.15) is 0 Å². The van der Waals surface area contributed by atoms with Gasteiger partial charge in [-0.1, -0.05) is 72.8 Å². The zero-order chi connectivity index (χ0) is 14.2. The molecule has 0 saturated heterocycles. The molecule has 0 aromatic heterocycles. The lowest BCUT2D eigenvalue weighted by atomic mass is 10.1. The minimum atomic E-state index is -0.918. The second kappa shape index (κ2) is 7.10. The maximum atomic E-state index is 11.2. The summed E-state index contributed by atoms with van der Waals surface area (Å²) in [5.74, 6) is -0.918. The Balaban J connectivity index is 2.10. The first-order chi connectivity index (χ1) is 9.75. The van der Waals surface area contributed by atoms with Crippen LogP contribution in [0.25, 0.3) is 6.08 Å². The van der Waals surface area contributed by atoms with Gasteiger partial charge in [0.2, 0.25) is 0 Å². The van der Waals surface area contributed by atoms with Crippen LogP contribution in [0, 0.1) is 0 Å². The minimum absolute atomic E-state index is 0.284. The van der Waals surface area contributed by atoms with Gasteiger partial charge in [-0.15, -0.1) is 0 Å². The van der Waals surface area contributed by atoms with Crippen LogP contribution in [0.1, 0.15) is 11.1 Å². The first-order valence-corrected chi connectivity index (χ1v) is 6.46. The fourth-order valence-corrected chi connectivity index (χ4v) is 1.85. The summed E-state index contributed by atoms with van der Waals surface area (Å²) in [5.41, 5.74) is 2.33. The Labute approximate surface area is 118 Å². The van der Waals surface area contributed by atoms with Crippen molar-refractivity contribution in [2.75, 3.05) is 0 Å². The Morgan fingerprint density at radius 3 is 2.15 bits per heavy atom. The summed E-state index contributed by atoms with van der Waals surface area (Å²) >= 11 is 0. The van der Waals surface area contributed by atoms with E-state index in [1.165, 1.54) is 0 Å². The second-order valence-corrected chi connectivity index (χ2v) is 4.41. The average Bonchev–Trinajstić information content (AvgIpc) is 2.48. The van der Waals surface area contributed by atoms with E-state index in [4.69, 9.17) is 0 Å². The molecule has 0 aliphatic heterocycles. The Kier molecular flexibility index (Phi) is 4.90. The van der Waals surface area contributed by atoms with Gasteiger partial charge in [0.05, 0.1) is 5.57 Å². The molecule has 2 nitrogen and oxygen atoms in total. The number of carbonyl (C=O) groups is 1. The maximum Gasteiger partial charge on any atom is 0.335 e. The first-order valence-electron chi connectivity index (χ1n) is 6.46. The van der Waals surface area contributed by atoms with Crippen LogP contribution in [0.5, 0.6) is 0 Å². The number of hydrogen-bond acceptors (Lipinski definition) is 1. The highest BCUT2D eigenvalue weighted by Gasteiger charge is 2.02. The van der Waals surface area contributed by atoms with E-state index in [2.05, 4.69) is 0 Å². The molecular formula is C18H16O2. The van der Waals surface area contributed by atoms with Crippen LogP contribution in [0.15, 0.2) is 78.4 Å². The topological polar surface area (TPSA) is 37.3 Å². The molecule has 2 heteroatoms. The van der Waals surface area contributed by atoms with E-state index in [9.17, 15) is 9.90 Å². The lowest BCUT2D eigenvalue weighted by Gasteiger charge is -1.98. The van der Waals surface area contributed by atoms with E-state index < -0.39 is 5.97 Å². The van der Waals surface area contributed by atoms with Gasteiger partial charge in [-0.3, -0.25) is 0 Å². The van der Waals surface area contributed by atoms with Gasteiger partial charge in [0, 0.05) is 0 Å². The number of allylic oxidation sites excluding steroid dienone is 1. The molecule has 20 heavy (non-hydrogen) atoms. The number of aliphatic carboxylic acids is 1. The van der Waals surface area contributed by atoms with Crippen LogP contribution < -0.4 is 0 Å². The molecule has 0 spiro atoms. The number of hydrogen-bond donors (Lipinski definition) is 1. The summed E-state index contributed by atoms with van der Waals surface area (Å²) in [6.07, 6.45) is 5.92. The van der Waals surface area contributed by atoms with Crippen molar-refractivity contribution in [3.8, 4) is 0 Å². The van der Waals surface area contributed by atoms with Crippen LogP contribution in [0.2, 0.25) is 0 Å². The van der Waals surface area contributed by atoms with Crippen molar-refractivity contribution in [1.29, 1.82) is 0 Å². The predicted molar refractivity (Wildman–Crippen MR) is 81.3 cm³/mol. The fraction of sp³-hybridized carbons (Fsp3) is 0.0556. The number of benzene rings is 2. The van der Waals surface area contributed by atoms with Crippen molar-refractivity contribution in [2.24, 2.45) is 0 Å². The first kappa shape index (κ1) is 13.8. The molecule has 0 aliphatic rings. The van der Waals surface area contributed by atoms with Gasteiger partial charge < -0.3 is 5.11 Å². The summed E-state index contributed by atoms with van der Waals surface area (Å²) in [5, 5.41) is 9.21. The minimum Gasteiger partial charge on any atom is -0.478 e. The molecule has 0 amide bonds. The average molecular weight is 264 g/mol. The van der Waals surface area contributed by atoms with E-state index in [1.807, 2.05) is 66.7 Å². The quantitative estimate of drug-likeness (QED) is 0.655. The van der Waals surface area contributed by atoms with Crippen molar-refractivity contribution >= 4 is 12.0 Å². The van der Waals surface area contributed by atoms with Gasteiger partial charge in [0.1, 0.15) is 0 Å². The van der Waals surface area contributed by atoms with E-state index in [-0.39, 0.29) is 5.57 Å². The predicted octanol–water partition coefficient (Wildman–Crippen LogP) is 3.95. The van der Waals surface area contributed by atoms with Crippen molar-refractivity contribution in [3.63, 3.8) is 0 Å². The summed E-state index contributed by atoms with van der Waals surface area (Å²) in [4.78, 5) is 11.2.